The quantitative estimate of drug-likeness (QED) is 0.532. The van der Waals surface area contributed by atoms with Crippen molar-refractivity contribution in [2.75, 3.05) is 13.1 Å². The molecule has 0 aromatic heterocycles. The van der Waals surface area contributed by atoms with Gasteiger partial charge in [-0.2, -0.15) is 0 Å². The summed E-state index contributed by atoms with van der Waals surface area (Å²) in [6.45, 7) is 5.83. The van der Waals surface area contributed by atoms with Crippen LogP contribution in [0, 0.1) is 0 Å². The van der Waals surface area contributed by atoms with Gasteiger partial charge in [0.2, 0.25) is 5.91 Å². The minimum atomic E-state index is -0.653. The summed E-state index contributed by atoms with van der Waals surface area (Å²) in [5.41, 5.74) is 0.991. The zero-order valence-corrected chi connectivity index (χ0v) is 18.4. The molecule has 3 rings (SSSR count). The molecule has 162 valence electrons. The number of halogens is 1. The van der Waals surface area contributed by atoms with Gasteiger partial charge >= 0.3 is 0 Å². The number of fused-ring (bicyclic) bond motifs is 1. The Balaban J connectivity index is 1.52. The van der Waals surface area contributed by atoms with Crippen LogP contribution in [0.5, 0.6) is 0 Å². The fourth-order valence-electron chi connectivity index (χ4n) is 3.32. The zero-order chi connectivity index (χ0) is 22.8. The number of imide groups is 1. The minimum Gasteiger partial charge on any atom is -0.354 e. The molecule has 31 heavy (non-hydrogen) atoms. The lowest BCUT2D eigenvalue weighted by Crippen LogP contribution is -2.45. The van der Waals surface area contributed by atoms with Gasteiger partial charge in [0.1, 0.15) is 0 Å². The van der Waals surface area contributed by atoms with Crippen LogP contribution in [0.25, 0.3) is 0 Å². The molecule has 2 aromatic rings. The lowest BCUT2D eigenvalue weighted by atomic mass is 10.1. The van der Waals surface area contributed by atoms with Crippen molar-refractivity contribution in [3.05, 3.63) is 69.7 Å². The van der Waals surface area contributed by atoms with E-state index in [1.807, 2.05) is 0 Å². The molecule has 0 fully saturated rings. The average Bonchev–Trinajstić information content (AvgIpc) is 2.97. The fraction of sp³-hybridized carbons (Fsp3) is 0.304. The van der Waals surface area contributed by atoms with E-state index in [1.165, 1.54) is 23.1 Å². The second-order valence-electron chi connectivity index (χ2n) is 8.29. The average molecular weight is 442 g/mol. The van der Waals surface area contributed by atoms with E-state index in [-0.39, 0.29) is 48.4 Å². The summed E-state index contributed by atoms with van der Waals surface area (Å²) in [6.07, 6.45) is 0.219. The summed E-state index contributed by atoms with van der Waals surface area (Å²) >= 11 is 5.83. The van der Waals surface area contributed by atoms with E-state index < -0.39 is 11.4 Å². The summed E-state index contributed by atoms with van der Waals surface area (Å²) in [5.74, 6) is -1.32. The van der Waals surface area contributed by atoms with Gasteiger partial charge in [0.15, 0.2) is 0 Å². The number of amides is 4. The van der Waals surface area contributed by atoms with Gasteiger partial charge in [0.25, 0.3) is 17.7 Å². The van der Waals surface area contributed by atoms with Crippen molar-refractivity contribution in [1.29, 1.82) is 0 Å². The van der Waals surface area contributed by atoms with Crippen LogP contribution in [0.3, 0.4) is 0 Å². The highest BCUT2D eigenvalue weighted by Gasteiger charge is 2.42. The molecule has 2 aromatic carbocycles. The van der Waals surface area contributed by atoms with Crippen molar-refractivity contribution in [2.24, 2.45) is 0 Å². The van der Waals surface area contributed by atoms with Crippen LogP contribution in [0.15, 0.2) is 42.5 Å². The van der Waals surface area contributed by atoms with E-state index in [9.17, 15) is 19.2 Å². The van der Waals surface area contributed by atoms with Crippen LogP contribution < -0.4 is 10.6 Å². The van der Waals surface area contributed by atoms with Crippen molar-refractivity contribution in [2.45, 2.75) is 32.7 Å². The maximum absolute atomic E-state index is 12.7. The molecule has 0 saturated heterocycles. The molecule has 0 bridgehead atoms. The molecular formula is C23H24ClN3O4. The maximum Gasteiger partial charge on any atom is 0.262 e. The molecule has 8 heteroatoms. The Bertz CT molecular complexity index is 1040. The standard InChI is InChI=1S/C23H24ClN3O4/c1-23(2,3)27-21(30)17-9-6-15(13-18(17)22(27)31)20(29)26-11-10-25-19(28)12-14-4-7-16(24)8-5-14/h4-9,13H,10-12H2,1-3H3,(H,25,28)(H,26,29). The Morgan fingerprint density at radius 3 is 2.16 bits per heavy atom. The van der Waals surface area contributed by atoms with E-state index in [0.29, 0.717) is 10.6 Å². The smallest absolute Gasteiger partial charge is 0.262 e. The molecule has 0 aliphatic carbocycles. The number of rotatable bonds is 6. The first-order valence-electron chi connectivity index (χ1n) is 9.90. The molecule has 4 amide bonds. The summed E-state index contributed by atoms with van der Waals surface area (Å²) in [5, 5.41) is 6.05. The lowest BCUT2D eigenvalue weighted by Gasteiger charge is -2.29. The van der Waals surface area contributed by atoms with Gasteiger partial charge in [-0.1, -0.05) is 23.7 Å². The van der Waals surface area contributed by atoms with Crippen molar-refractivity contribution in [3.63, 3.8) is 0 Å². The van der Waals surface area contributed by atoms with Gasteiger partial charge in [0, 0.05) is 29.2 Å². The Kier molecular flexibility index (Phi) is 6.45. The summed E-state index contributed by atoms with van der Waals surface area (Å²) in [7, 11) is 0. The van der Waals surface area contributed by atoms with Gasteiger partial charge in [-0.25, -0.2) is 0 Å². The van der Waals surface area contributed by atoms with E-state index in [2.05, 4.69) is 10.6 Å². The van der Waals surface area contributed by atoms with Gasteiger partial charge in [-0.05, 0) is 56.7 Å². The number of carbonyl (C=O) groups excluding carboxylic acids is 4. The molecule has 2 N–H and O–H groups in total. The third-order valence-corrected chi connectivity index (χ3v) is 5.08. The monoisotopic (exact) mass is 441 g/mol. The number of nitrogens with zero attached hydrogens (tertiary/aromatic N) is 1. The first kappa shape index (κ1) is 22.5. The Morgan fingerprint density at radius 2 is 1.52 bits per heavy atom. The fourth-order valence-corrected chi connectivity index (χ4v) is 3.45. The molecule has 0 unspecified atom stereocenters. The summed E-state index contributed by atoms with van der Waals surface area (Å²) < 4.78 is 0. The predicted molar refractivity (Wildman–Crippen MR) is 117 cm³/mol. The first-order valence-corrected chi connectivity index (χ1v) is 10.3. The summed E-state index contributed by atoms with van der Waals surface area (Å²) in [4.78, 5) is 50.8. The van der Waals surface area contributed by atoms with Crippen LogP contribution in [0.4, 0.5) is 0 Å². The molecule has 1 aliphatic rings. The van der Waals surface area contributed by atoms with E-state index in [0.717, 1.165) is 5.56 Å². The molecule has 7 nitrogen and oxygen atoms in total. The normalized spacial score (nSPS) is 13.2. The second-order valence-corrected chi connectivity index (χ2v) is 8.72. The SMILES string of the molecule is CC(C)(C)N1C(=O)c2ccc(C(=O)NCCNC(=O)Cc3ccc(Cl)cc3)cc2C1=O. The van der Waals surface area contributed by atoms with Crippen LogP contribution in [0.2, 0.25) is 5.02 Å². The second kappa shape index (κ2) is 8.89. The molecule has 1 aliphatic heterocycles. The van der Waals surface area contributed by atoms with Crippen LogP contribution in [0.1, 0.15) is 57.4 Å². The van der Waals surface area contributed by atoms with Gasteiger partial charge in [-0.15, -0.1) is 0 Å². The third kappa shape index (κ3) is 5.11. The largest absolute Gasteiger partial charge is 0.354 e. The number of carbonyl (C=O) groups is 4. The topological polar surface area (TPSA) is 95.6 Å². The maximum atomic E-state index is 12.7. The van der Waals surface area contributed by atoms with Crippen LogP contribution >= 0.6 is 11.6 Å². The lowest BCUT2D eigenvalue weighted by molar-refractivity contribution is -0.120. The predicted octanol–water partition coefficient (Wildman–Crippen LogP) is 2.82. The Hall–Kier alpha value is -3.19. The van der Waals surface area contributed by atoms with Crippen molar-refractivity contribution >= 4 is 35.2 Å². The van der Waals surface area contributed by atoms with Crippen molar-refractivity contribution in [1.82, 2.24) is 15.5 Å². The zero-order valence-electron chi connectivity index (χ0n) is 17.6. The van der Waals surface area contributed by atoms with E-state index in [1.54, 1.807) is 45.0 Å². The van der Waals surface area contributed by atoms with E-state index >= 15 is 0 Å². The number of benzene rings is 2. The number of hydrogen-bond donors (Lipinski definition) is 2. The van der Waals surface area contributed by atoms with Crippen LogP contribution in [-0.4, -0.2) is 47.2 Å². The molecular weight excluding hydrogens is 418 g/mol. The van der Waals surface area contributed by atoms with Gasteiger partial charge in [0.05, 0.1) is 17.5 Å². The molecule has 0 saturated carbocycles. The number of hydrogen-bond acceptors (Lipinski definition) is 4. The highest BCUT2D eigenvalue weighted by Crippen LogP contribution is 2.29. The molecule has 1 heterocycles. The van der Waals surface area contributed by atoms with Crippen LogP contribution in [-0.2, 0) is 11.2 Å². The molecule has 0 radical (unpaired) electrons. The molecule has 0 spiro atoms. The summed E-state index contributed by atoms with van der Waals surface area (Å²) in [6, 6.07) is 11.5. The van der Waals surface area contributed by atoms with Crippen molar-refractivity contribution < 1.29 is 19.2 Å². The number of nitrogens with one attached hydrogen (secondary N) is 2. The van der Waals surface area contributed by atoms with Crippen molar-refractivity contribution in [3.8, 4) is 0 Å². The molecule has 0 atom stereocenters. The van der Waals surface area contributed by atoms with Gasteiger partial charge in [-0.3, -0.25) is 24.1 Å². The third-order valence-electron chi connectivity index (χ3n) is 4.83. The first-order chi connectivity index (χ1) is 14.6. The highest BCUT2D eigenvalue weighted by molar-refractivity contribution is 6.30. The van der Waals surface area contributed by atoms with E-state index in [4.69, 9.17) is 11.6 Å². The Labute approximate surface area is 185 Å². The highest BCUT2D eigenvalue weighted by atomic mass is 35.5. The minimum absolute atomic E-state index is 0.166. The van der Waals surface area contributed by atoms with Gasteiger partial charge < -0.3 is 10.6 Å². The Morgan fingerprint density at radius 1 is 0.903 bits per heavy atom.